The van der Waals surface area contributed by atoms with Gasteiger partial charge in [-0.2, -0.15) is 15.0 Å². The molecule has 0 spiro atoms. The van der Waals surface area contributed by atoms with Crippen LogP contribution in [0.15, 0.2) is 24.4 Å². The third kappa shape index (κ3) is 2.49. The molecule has 0 aliphatic rings. The molecule has 0 aliphatic heterocycles. The molecule has 0 saturated heterocycles. The van der Waals surface area contributed by atoms with E-state index in [0.29, 0.717) is 0 Å². The van der Waals surface area contributed by atoms with Crippen LogP contribution >= 0.6 is 0 Å². The number of halogens is 2. The molecule has 3 nitrogen and oxygen atoms in total. The van der Waals surface area contributed by atoms with E-state index in [-0.39, 0.29) is 11.6 Å². The maximum Gasteiger partial charge on any atom is 0.128 e. The lowest BCUT2D eigenvalue weighted by atomic mass is 10.1. The van der Waals surface area contributed by atoms with Crippen molar-refractivity contribution in [2.24, 2.45) is 0 Å². The van der Waals surface area contributed by atoms with Crippen LogP contribution in [-0.2, 0) is 0 Å². The maximum atomic E-state index is 13.0. The summed E-state index contributed by atoms with van der Waals surface area (Å²) >= 11 is 0. The summed E-state index contributed by atoms with van der Waals surface area (Å²) in [6.45, 7) is 4.08. The molecule has 0 saturated carbocycles. The molecule has 1 atom stereocenters. The third-order valence-electron chi connectivity index (χ3n) is 2.71. The normalized spacial score (nSPS) is 12.7. The average molecular weight is 237 g/mol. The highest BCUT2D eigenvalue weighted by Crippen LogP contribution is 2.17. The van der Waals surface area contributed by atoms with E-state index in [9.17, 15) is 8.78 Å². The number of benzene rings is 1. The molecule has 1 aromatic carbocycles. The smallest absolute Gasteiger partial charge is 0.128 e. The van der Waals surface area contributed by atoms with Gasteiger partial charge in [-0.15, -0.1) is 0 Å². The first kappa shape index (κ1) is 11.7. The number of hydrogen-bond donors (Lipinski definition) is 0. The Bertz CT molecular complexity index is 502. The van der Waals surface area contributed by atoms with Crippen molar-refractivity contribution in [2.75, 3.05) is 0 Å². The summed E-state index contributed by atoms with van der Waals surface area (Å²) < 4.78 is 26.1. The van der Waals surface area contributed by atoms with Gasteiger partial charge in [0.05, 0.1) is 17.6 Å². The van der Waals surface area contributed by atoms with Gasteiger partial charge < -0.3 is 0 Å². The van der Waals surface area contributed by atoms with Crippen LogP contribution in [0.3, 0.4) is 0 Å². The van der Waals surface area contributed by atoms with E-state index < -0.39 is 11.6 Å². The topological polar surface area (TPSA) is 30.7 Å². The molecule has 0 bridgehead atoms. The van der Waals surface area contributed by atoms with Crippen molar-refractivity contribution in [1.82, 2.24) is 15.0 Å². The summed E-state index contributed by atoms with van der Waals surface area (Å²) in [6, 6.07) is 3.22. The summed E-state index contributed by atoms with van der Waals surface area (Å²) in [4.78, 5) is 1.24. The second-order valence-electron chi connectivity index (χ2n) is 4.00. The molecule has 0 aliphatic carbocycles. The molecule has 0 amide bonds. The Kier molecular flexibility index (Phi) is 3.17. The Morgan fingerprint density at radius 1 is 1.24 bits per heavy atom. The van der Waals surface area contributed by atoms with E-state index in [1.807, 2.05) is 13.8 Å². The van der Waals surface area contributed by atoms with Gasteiger partial charge in [-0.05, 0) is 6.42 Å². The van der Waals surface area contributed by atoms with Gasteiger partial charge in [0, 0.05) is 24.1 Å². The van der Waals surface area contributed by atoms with Crippen LogP contribution in [0, 0.1) is 11.6 Å². The van der Waals surface area contributed by atoms with Crippen LogP contribution in [-0.4, -0.2) is 15.0 Å². The lowest BCUT2D eigenvalue weighted by Gasteiger charge is -2.03. The minimum absolute atomic E-state index is 0.280. The van der Waals surface area contributed by atoms with Gasteiger partial charge in [0.15, 0.2) is 0 Å². The van der Waals surface area contributed by atoms with E-state index in [2.05, 4.69) is 10.2 Å². The van der Waals surface area contributed by atoms with Crippen molar-refractivity contribution < 1.29 is 8.78 Å². The molecule has 1 unspecified atom stereocenters. The monoisotopic (exact) mass is 237 g/mol. The minimum Gasteiger partial charge on any atom is -0.207 e. The van der Waals surface area contributed by atoms with Crippen LogP contribution in [0.4, 0.5) is 8.78 Å². The van der Waals surface area contributed by atoms with Gasteiger partial charge in [-0.25, -0.2) is 8.78 Å². The standard InChI is InChI=1S/C12H13F2N3/c1-3-8(2)12-7-15-17(16-12)11-5-9(13)4-10(14)6-11/h4-8H,3H2,1-2H3. The van der Waals surface area contributed by atoms with E-state index in [0.717, 1.165) is 18.2 Å². The van der Waals surface area contributed by atoms with Crippen molar-refractivity contribution in [1.29, 1.82) is 0 Å². The summed E-state index contributed by atoms with van der Waals surface area (Å²) in [5.41, 5.74) is 1.11. The molecule has 2 aromatic rings. The van der Waals surface area contributed by atoms with Crippen molar-refractivity contribution in [3.8, 4) is 5.69 Å². The Morgan fingerprint density at radius 3 is 2.47 bits per heavy atom. The van der Waals surface area contributed by atoms with Gasteiger partial charge in [0.2, 0.25) is 0 Å². The Morgan fingerprint density at radius 2 is 1.88 bits per heavy atom. The number of aromatic nitrogens is 3. The fourth-order valence-electron chi connectivity index (χ4n) is 1.49. The number of rotatable bonds is 3. The molecular weight excluding hydrogens is 224 g/mol. The van der Waals surface area contributed by atoms with Crippen LogP contribution in [0.25, 0.3) is 5.69 Å². The molecule has 5 heteroatoms. The second-order valence-corrected chi connectivity index (χ2v) is 4.00. The SMILES string of the molecule is CCC(C)c1cnn(-c2cc(F)cc(F)c2)n1. The molecular formula is C12H13F2N3. The highest BCUT2D eigenvalue weighted by molar-refractivity contribution is 5.30. The molecule has 17 heavy (non-hydrogen) atoms. The first-order chi connectivity index (χ1) is 8.10. The van der Waals surface area contributed by atoms with E-state index in [1.165, 1.54) is 16.9 Å². The highest BCUT2D eigenvalue weighted by atomic mass is 19.1. The first-order valence-corrected chi connectivity index (χ1v) is 5.49. The molecule has 1 heterocycles. The summed E-state index contributed by atoms with van der Waals surface area (Å²) in [6.07, 6.45) is 2.56. The molecule has 0 radical (unpaired) electrons. The Hall–Kier alpha value is -1.78. The van der Waals surface area contributed by atoms with Crippen molar-refractivity contribution in [3.63, 3.8) is 0 Å². The van der Waals surface area contributed by atoms with Gasteiger partial charge >= 0.3 is 0 Å². The quantitative estimate of drug-likeness (QED) is 0.821. The Labute approximate surface area is 98.1 Å². The van der Waals surface area contributed by atoms with E-state index >= 15 is 0 Å². The fraction of sp³-hybridized carbons (Fsp3) is 0.333. The van der Waals surface area contributed by atoms with Crippen LogP contribution < -0.4 is 0 Å². The van der Waals surface area contributed by atoms with E-state index in [4.69, 9.17) is 0 Å². The third-order valence-corrected chi connectivity index (χ3v) is 2.71. The molecule has 0 N–H and O–H groups in total. The maximum absolute atomic E-state index is 13.0. The Balaban J connectivity index is 2.36. The lowest BCUT2D eigenvalue weighted by molar-refractivity contribution is 0.576. The van der Waals surface area contributed by atoms with Crippen LogP contribution in [0.1, 0.15) is 31.9 Å². The predicted octanol–water partition coefficient (Wildman–Crippen LogP) is 3.06. The number of hydrogen-bond acceptors (Lipinski definition) is 2. The van der Waals surface area contributed by atoms with E-state index in [1.54, 1.807) is 6.20 Å². The minimum atomic E-state index is -0.637. The molecule has 2 rings (SSSR count). The lowest BCUT2D eigenvalue weighted by Crippen LogP contribution is -2.01. The molecule has 90 valence electrons. The molecule has 0 fully saturated rings. The zero-order valence-electron chi connectivity index (χ0n) is 9.69. The summed E-state index contributed by atoms with van der Waals surface area (Å²) in [5, 5.41) is 8.22. The van der Waals surface area contributed by atoms with Crippen molar-refractivity contribution in [2.45, 2.75) is 26.2 Å². The first-order valence-electron chi connectivity index (χ1n) is 5.49. The summed E-state index contributed by atoms with van der Waals surface area (Å²) in [5.74, 6) is -0.994. The highest BCUT2D eigenvalue weighted by Gasteiger charge is 2.10. The largest absolute Gasteiger partial charge is 0.207 e. The second kappa shape index (κ2) is 4.61. The van der Waals surface area contributed by atoms with Gasteiger partial charge in [0.1, 0.15) is 11.6 Å². The fourth-order valence-corrected chi connectivity index (χ4v) is 1.49. The van der Waals surface area contributed by atoms with Crippen LogP contribution in [0.5, 0.6) is 0 Å². The van der Waals surface area contributed by atoms with Gasteiger partial charge in [0.25, 0.3) is 0 Å². The van der Waals surface area contributed by atoms with Crippen molar-refractivity contribution >= 4 is 0 Å². The van der Waals surface area contributed by atoms with Gasteiger partial charge in [-0.3, -0.25) is 0 Å². The zero-order chi connectivity index (χ0) is 12.4. The van der Waals surface area contributed by atoms with Gasteiger partial charge in [-0.1, -0.05) is 13.8 Å². The average Bonchev–Trinajstić information content (AvgIpc) is 2.76. The van der Waals surface area contributed by atoms with Crippen LogP contribution in [0.2, 0.25) is 0 Å². The molecule has 1 aromatic heterocycles. The zero-order valence-corrected chi connectivity index (χ0v) is 9.69. The predicted molar refractivity (Wildman–Crippen MR) is 60.0 cm³/mol. The van der Waals surface area contributed by atoms with Crippen molar-refractivity contribution in [3.05, 3.63) is 41.7 Å². The number of nitrogens with zero attached hydrogens (tertiary/aromatic N) is 3. The summed E-state index contributed by atoms with van der Waals surface area (Å²) in [7, 11) is 0.